The van der Waals surface area contributed by atoms with Gasteiger partial charge in [0, 0.05) is 30.5 Å². The smallest absolute Gasteiger partial charge is 0.315 e. The van der Waals surface area contributed by atoms with Gasteiger partial charge in [-0.3, -0.25) is 9.78 Å². The van der Waals surface area contributed by atoms with Crippen LogP contribution in [-0.2, 0) is 11.3 Å². The molecule has 0 aromatic carbocycles. The lowest BCUT2D eigenvalue weighted by Crippen LogP contribution is -2.47. The predicted octanol–water partition coefficient (Wildman–Crippen LogP) is 1.74. The van der Waals surface area contributed by atoms with Gasteiger partial charge in [-0.2, -0.15) is 0 Å². The second-order valence-electron chi connectivity index (χ2n) is 6.11. The Morgan fingerprint density at radius 3 is 2.92 bits per heavy atom. The Morgan fingerprint density at radius 2 is 2.19 bits per heavy atom. The summed E-state index contributed by atoms with van der Waals surface area (Å²) < 4.78 is 5.77. The van der Waals surface area contributed by atoms with E-state index in [4.69, 9.17) is 10.5 Å². The maximum Gasteiger partial charge on any atom is 0.315 e. The van der Waals surface area contributed by atoms with Crippen LogP contribution in [0.1, 0.15) is 24.1 Å². The molecule has 0 aliphatic carbocycles. The molecule has 1 aliphatic rings. The van der Waals surface area contributed by atoms with Crippen molar-refractivity contribution in [2.24, 2.45) is 5.73 Å². The highest BCUT2D eigenvalue weighted by molar-refractivity contribution is 5.87. The normalized spacial score (nSPS) is 16.3. The van der Waals surface area contributed by atoms with Crippen LogP contribution in [0.25, 0.3) is 0 Å². The molecule has 1 fully saturated rings. The van der Waals surface area contributed by atoms with E-state index in [0.717, 1.165) is 17.7 Å². The number of rotatable bonds is 5. The SMILES string of the molecule is Cc1ccc(Oc2ncccc2CNC(=O)[C@H]2CCCN2C(N)=O)cn1. The summed E-state index contributed by atoms with van der Waals surface area (Å²) in [7, 11) is 0. The van der Waals surface area contributed by atoms with E-state index < -0.39 is 12.1 Å². The van der Waals surface area contributed by atoms with Gasteiger partial charge in [-0.1, -0.05) is 6.07 Å². The van der Waals surface area contributed by atoms with Crippen LogP contribution in [0, 0.1) is 6.92 Å². The highest BCUT2D eigenvalue weighted by Crippen LogP contribution is 2.23. The largest absolute Gasteiger partial charge is 0.437 e. The molecule has 26 heavy (non-hydrogen) atoms. The van der Waals surface area contributed by atoms with Crippen molar-refractivity contribution in [3.05, 3.63) is 47.9 Å². The Morgan fingerprint density at radius 1 is 1.35 bits per heavy atom. The maximum absolute atomic E-state index is 12.4. The van der Waals surface area contributed by atoms with Crippen LogP contribution in [0.2, 0.25) is 0 Å². The first kappa shape index (κ1) is 17.7. The molecule has 0 unspecified atom stereocenters. The summed E-state index contributed by atoms with van der Waals surface area (Å²) in [6.45, 7) is 2.64. The zero-order valence-corrected chi connectivity index (χ0v) is 14.5. The predicted molar refractivity (Wildman–Crippen MR) is 94.4 cm³/mol. The van der Waals surface area contributed by atoms with Gasteiger partial charge in [0.25, 0.3) is 0 Å². The minimum atomic E-state index is -0.570. The molecule has 3 N–H and O–H groups in total. The summed E-state index contributed by atoms with van der Waals surface area (Å²) in [6.07, 6.45) is 4.62. The lowest BCUT2D eigenvalue weighted by molar-refractivity contribution is -0.124. The maximum atomic E-state index is 12.4. The number of amides is 3. The van der Waals surface area contributed by atoms with Gasteiger partial charge in [-0.05, 0) is 38.0 Å². The first-order chi connectivity index (χ1) is 12.5. The molecule has 2 aromatic heterocycles. The van der Waals surface area contributed by atoms with Crippen molar-refractivity contribution in [2.45, 2.75) is 32.4 Å². The van der Waals surface area contributed by atoms with Gasteiger partial charge in [0.05, 0.1) is 6.20 Å². The van der Waals surface area contributed by atoms with Crippen molar-refractivity contribution in [2.75, 3.05) is 6.54 Å². The number of aryl methyl sites for hydroxylation is 1. The molecule has 136 valence electrons. The number of aromatic nitrogens is 2. The van der Waals surface area contributed by atoms with Gasteiger partial charge in [0.2, 0.25) is 11.8 Å². The molecule has 8 heteroatoms. The number of likely N-dealkylation sites (tertiary alicyclic amines) is 1. The van der Waals surface area contributed by atoms with Crippen molar-refractivity contribution in [3.8, 4) is 11.6 Å². The molecule has 0 spiro atoms. The number of pyridine rings is 2. The minimum Gasteiger partial charge on any atom is -0.437 e. The highest BCUT2D eigenvalue weighted by atomic mass is 16.5. The van der Waals surface area contributed by atoms with E-state index in [0.29, 0.717) is 24.6 Å². The Balaban J connectivity index is 1.66. The van der Waals surface area contributed by atoms with Gasteiger partial charge in [0.1, 0.15) is 11.8 Å². The van der Waals surface area contributed by atoms with Crippen LogP contribution < -0.4 is 15.8 Å². The Labute approximate surface area is 151 Å². The molecule has 0 saturated carbocycles. The van der Waals surface area contributed by atoms with Crippen LogP contribution in [-0.4, -0.2) is 39.4 Å². The Bertz CT molecular complexity index is 794. The molecule has 1 atom stereocenters. The van der Waals surface area contributed by atoms with Crippen LogP contribution in [0.15, 0.2) is 36.7 Å². The van der Waals surface area contributed by atoms with Crippen molar-refractivity contribution in [3.63, 3.8) is 0 Å². The first-order valence-electron chi connectivity index (χ1n) is 8.43. The molecule has 0 bridgehead atoms. The van der Waals surface area contributed by atoms with E-state index in [1.54, 1.807) is 18.5 Å². The van der Waals surface area contributed by atoms with Gasteiger partial charge in [0.15, 0.2) is 0 Å². The first-order valence-corrected chi connectivity index (χ1v) is 8.43. The number of hydrogen-bond acceptors (Lipinski definition) is 5. The summed E-state index contributed by atoms with van der Waals surface area (Å²) in [5.41, 5.74) is 6.94. The molecule has 3 rings (SSSR count). The minimum absolute atomic E-state index is 0.229. The third kappa shape index (κ3) is 4.08. The average molecular weight is 355 g/mol. The van der Waals surface area contributed by atoms with E-state index in [2.05, 4.69) is 15.3 Å². The lowest BCUT2D eigenvalue weighted by atomic mass is 10.2. The number of carbonyl (C=O) groups excluding carboxylic acids is 2. The van der Waals surface area contributed by atoms with Gasteiger partial charge >= 0.3 is 6.03 Å². The van der Waals surface area contributed by atoms with Crippen LogP contribution in [0.4, 0.5) is 4.79 Å². The van der Waals surface area contributed by atoms with Crippen LogP contribution in [0.3, 0.4) is 0 Å². The Kier molecular flexibility index (Phi) is 5.31. The monoisotopic (exact) mass is 355 g/mol. The Hall–Kier alpha value is -3.16. The molecule has 8 nitrogen and oxygen atoms in total. The van der Waals surface area contributed by atoms with E-state index in [1.165, 1.54) is 4.90 Å². The molecule has 0 radical (unpaired) electrons. The number of nitrogens with two attached hydrogens (primary N) is 1. The van der Waals surface area contributed by atoms with E-state index in [1.807, 2.05) is 25.1 Å². The highest BCUT2D eigenvalue weighted by Gasteiger charge is 2.32. The second kappa shape index (κ2) is 7.81. The summed E-state index contributed by atoms with van der Waals surface area (Å²) in [5, 5.41) is 2.84. The average Bonchev–Trinajstić information content (AvgIpc) is 3.13. The number of nitrogens with one attached hydrogen (secondary N) is 1. The van der Waals surface area contributed by atoms with Crippen LogP contribution in [0.5, 0.6) is 11.6 Å². The summed E-state index contributed by atoms with van der Waals surface area (Å²) in [4.78, 5) is 33.6. The van der Waals surface area contributed by atoms with Crippen LogP contribution >= 0.6 is 0 Å². The summed E-state index contributed by atoms with van der Waals surface area (Å²) in [6, 6.07) is 6.16. The fourth-order valence-corrected chi connectivity index (χ4v) is 2.88. The number of carbonyl (C=O) groups is 2. The molecular formula is C18H21N5O3. The molecule has 3 heterocycles. The van der Waals surface area contributed by atoms with Gasteiger partial charge in [-0.25, -0.2) is 9.78 Å². The molecule has 2 aromatic rings. The van der Waals surface area contributed by atoms with Gasteiger partial charge < -0.3 is 20.7 Å². The van der Waals surface area contributed by atoms with E-state index >= 15 is 0 Å². The number of primary amides is 1. The quantitative estimate of drug-likeness (QED) is 0.849. The topological polar surface area (TPSA) is 110 Å². The zero-order valence-electron chi connectivity index (χ0n) is 14.5. The number of urea groups is 1. The summed E-state index contributed by atoms with van der Waals surface area (Å²) in [5.74, 6) is 0.738. The van der Waals surface area contributed by atoms with E-state index in [-0.39, 0.29) is 12.5 Å². The molecule has 1 saturated heterocycles. The third-order valence-corrected chi connectivity index (χ3v) is 4.24. The van der Waals surface area contributed by atoms with Crippen molar-refractivity contribution < 1.29 is 14.3 Å². The third-order valence-electron chi connectivity index (χ3n) is 4.24. The zero-order chi connectivity index (χ0) is 18.5. The number of nitrogens with zero attached hydrogens (tertiary/aromatic N) is 3. The molecule has 3 amide bonds. The van der Waals surface area contributed by atoms with Crippen molar-refractivity contribution in [1.82, 2.24) is 20.2 Å². The summed E-state index contributed by atoms with van der Waals surface area (Å²) >= 11 is 0. The molecule has 1 aliphatic heterocycles. The number of ether oxygens (including phenoxy) is 1. The standard InChI is InChI=1S/C18H21N5O3/c1-12-6-7-14(11-21-12)26-17-13(4-2-8-20-17)10-22-16(24)15-5-3-9-23(15)18(19)25/h2,4,6-8,11,15H,3,5,9-10H2,1H3,(H2,19,25)(H,22,24)/t15-/m1/s1. The van der Waals surface area contributed by atoms with Crippen molar-refractivity contribution in [1.29, 1.82) is 0 Å². The lowest BCUT2D eigenvalue weighted by Gasteiger charge is -2.21. The fraction of sp³-hybridized carbons (Fsp3) is 0.333. The fourth-order valence-electron chi connectivity index (χ4n) is 2.88. The van der Waals surface area contributed by atoms with Gasteiger partial charge in [-0.15, -0.1) is 0 Å². The molecular weight excluding hydrogens is 334 g/mol. The van der Waals surface area contributed by atoms with Crippen molar-refractivity contribution >= 4 is 11.9 Å². The second-order valence-corrected chi connectivity index (χ2v) is 6.11. The van der Waals surface area contributed by atoms with E-state index in [9.17, 15) is 9.59 Å². The number of hydrogen-bond donors (Lipinski definition) is 2.